The number of nitrogen functional groups attached to an aromatic ring is 1. The molecule has 2 rings (SSSR count). The highest BCUT2D eigenvalue weighted by atomic mass is 35.5. The van der Waals surface area contributed by atoms with Crippen LogP contribution in [-0.2, 0) is 0 Å². The van der Waals surface area contributed by atoms with Crippen LogP contribution in [0.5, 0.6) is 0 Å². The number of nitrogens with two attached hydrogens (primary N) is 1. The zero-order valence-electron chi connectivity index (χ0n) is 11.5. The predicted octanol–water partition coefficient (Wildman–Crippen LogP) is 4.18. The third-order valence-corrected chi connectivity index (χ3v) is 4.36. The second kappa shape index (κ2) is 5.00. The van der Waals surface area contributed by atoms with Crippen LogP contribution in [0.3, 0.4) is 0 Å². The van der Waals surface area contributed by atoms with E-state index in [1.54, 1.807) is 0 Å². The van der Waals surface area contributed by atoms with Crippen LogP contribution in [0.15, 0.2) is 18.2 Å². The molecule has 0 aliphatic carbocycles. The summed E-state index contributed by atoms with van der Waals surface area (Å²) in [5.74, 6) is 0.789. The van der Waals surface area contributed by atoms with E-state index in [2.05, 4.69) is 25.7 Å². The molecule has 1 saturated heterocycles. The third-order valence-electron chi connectivity index (χ3n) is 4.05. The Balaban J connectivity index is 2.11. The summed E-state index contributed by atoms with van der Waals surface area (Å²) in [6.07, 6.45) is 2.43. The average molecular weight is 267 g/mol. The highest BCUT2D eigenvalue weighted by Gasteiger charge is 2.29. The Bertz CT molecular complexity index is 395. The van der Waals surface area contributed by atoms with Gasteiger partial charge in [0.05, 0.1) is 16.4 Å². The molecule has 1 aromatic carbocycles. The molecule has 0 spiro atoms. The number of halogens is 1. The van der Waals surface area contributed by atoms with Crippen LogP contribution < -0.4 is 10.6 Å². The molecule has 0 bridgehead atoms. The molecule has 1 aliphatic heterocycles. The van der Waals surface area contributed by atoms with Crippen molar-refractivity contribution in [2.24, 2.45) is 11.3 Å². The van der Waals surface area contributed by atoms with E-state index in [4.69, 9.17) is 17.3 Å². The smallest absolute Gasteiger partial charge is 0.0789 e. The molecule has 18 heavy (non-hydrogen) atoms. The Morgan fingerprint density at radius 1 is 1.22 bits per heavy atom. The standard InChI is InChI=1S/C15H23ClN2/c1-15(2,3)11-7-9-18(10-8-11)14-12(16)5-4-6-13(14)17/h4-6,11H,7-10,17H2,1-3H3. The van der Waals surface area contributed by atoms with Gasteiger partial charge >= 0.3 is 0 Å². The topological polar surface area (TPSA) is 29.3 Å². The molecule has 1 fully saturated rings. The maximum atomic E-state index is 6.27. The quantitative estimate of drug-likeness (QED) is 0.773. The summed E-state index contributed by atoms with van der Waals surface area (Å²) < 4.78 is 0. The molecule has 0 unspecified atom stereocenters. The minimum absolute atomic E-state index is 0.401. The van der Waals surface area contributed by atoms with Crippen molar-refractivity contribution in [3.05, 3.63) is 23.2 Å². The van der Waals surface area contributed by atoms with E-state index < -0.39 is 0 Å². The van der Waals surface area contributed by atoms with Crippen molar-refractivity contribution in [1.82, 2.24) is 0 Å². The molecule has 2 N–H and O–H groups in total. The third kappa shape index (κ3) is 2.74. The van der Waals surface area contributed by atoms with E-state index in [1.165, 1.54) is 12.8 Å². The van der Waals surface area contributed by atoms with Gasteiger partial charge in [0, 0.05) is 13.1 Å². The first kappa shape index (κ1) is 13.5. The number of piperidine rings is 1. The maximum absolute atomic E-state index is 6.27. The van der Waals surface area contributed by atoms with Gasteiger partial charge in [-0.2, -0.15) is 0 Å². The lowest BCUT2D eigenvalue weighted by molar-refractivity contribution is 0.199. The summed E-state index contributed by atoms with van der Waals surface area (Å²) in [4.78, 5) is 2.33. The van der Waals surface area contributed by atoms with Crippen molar-refractivity contribution >= 4 is 23.0 Å². The fraction of sp³-hybridized carbons (Fsp3) is 0.600. The Morgan fingerprint density at radius 3 is 2.33 bits per heavy atom. The fourth-order valence-corrected chi connectivity index (χ4v) is 3.14. The number of para-hydroxylation sites is 1. The monoisotopic (exact) mass is 266 g/mol. The van der Waals surface area contributed by atoms with Crippen LogP contribution in [0.25, 0.3) is 0 Å². The van der Waals surface area contributed by atoms with Crippen molar-refractivity contribution < 1.29 is 0 Å². The highest BCUT2D eigenvalue weighted by Crippen LogP contribution is 2.39. The van der Waals surface area contributed by atoms with Gasteiger partial charge < -0.3 is 10.6 Å². The summed E-state index contributed by atoms with van der Waals surface area (Å²) in [6.45, 7) is 9.09. The molecule has 3 heteroatoms. The number of hydrogen-bond acceptors (Lipinski definition) is 2. The average Bonchev–Trinajstić information content (AvgIpc) is 2.28. The van der Waals surface area contributed by atoms with Gasteiger partial charge in [0.25, 0.3) is 0 Å². The molecule has 0 radical (unpaired) electrons. The first-order valence-corrected chi connectivity index (χ1v) is 7.06. The Kier molecular flexibility index (Phi) is 3.76. The normalized spacial score (nSPS) is 18.1. The fourth-order valence-electron chi connectivity index (χ4n) is 2.83. The molecule has 0 atom stereocenters. The number of rotatable bonds is 1. The minimum Gasteiger partial charge on any atom is -0.397 e. The van der Waals surface area contributed by atoms with E-state index in [-0.39, 0.29) is 0 Å². The van der Waals surface area contributed by atoms with Gasteiger partial charge in [0.1, 0.15) is 0 Å². The number of hydrogen-bond donors (Lipinski definition) is 1. The predicted molar refractivity (Wildman–Crippen MR) is 80.3 cm³/mol. The SMILES string of the molecule is CC(C)(C)C1CCN(c2c(N)cccc2Cl)CC1. The summed E-state index contributed by atoms with van der Waals surface area (Å²) >= 11 is 6.27. The first-order chi connectivity index (χ1) is 8.39. The molecule has 0 aromatic heterocycles. The van der Waals surface area contributed by atoms with Crippen molar-refractivity contribution in [3.63, 3.8) is 0 Å². The molecule has 100 valence electrons. The number of anilines is 2. The Labute approximate surface area is 115 Å². The number of benzene rings is 1. The summed E-state index contributed by atoms with van der Waals surface area (Å²) in [5, 5.41) is 0.768. The second-order valence-corrected chi connectivity index (χ2v) is 6.71. The van der Waals surface area contributed by atoms with E-state index >= 15 is 0 Å². The van der Waals surface area contributed by atoms with Crippen molar-refractivity contribution in [1.29, 1.82) is 0 Å². The Hall–Kier alpha value is -0.890. The van der Waals surface area contributed by atoms with Gasteiger partial charge in [-0.25, -0.2) is 0 Å². The van der Waals surface area contributed by atoms with Crippen LogP contribution in [0.2, 0.25) is 5.02 Å². The van der Waals surface area contributed by atoms with Crippen LogP contribution in [0, 0.1) is 11.3 Å². The lowest BCUT2D eigenvalue weighted by atomic mass is 9.75. The van der Waals surface area contributed by atoms with Gasteiger partial charge in [-0.3, -0.25) is 0 Å². The zero-order valence-corrected chi connectivity index (χ0v) is 12.3. The summed E-state index contributed by atoms with van der Waals surface area (Å²) in [5.41, 5.74) is 8.26. The van der Waals surface area contributed by atoms with Crippen LogP contribution in [0.4, 0.5) is 11.4 Å². The Morgan fingerprint density at radius 2 is 1.83 bits per heavy atom. The molecule has 0 amide bonds. The summed E-state index contributed by atoms with van der Waals surface area (Å²) in [7, 11) is 0. The second-order valence-electron chi connectivity index (χ2n) is 6.31. The molecule has 1 aromatic rings. The first-order valence-electron chi connectivity index (χ1n) is 6.68. The zero-order chi connectivity index (χ0) is 13.3. The van der Waals surface area contributed by atoms with Crippen LogP contribution in [0.1, 0.15) is 33.6 Å². The van der Waals surface area contributed by atoms with E-state index in [0.29, 0.717) is 5.41 Å². The van der Waals surface area contributed by atoms with Gasteiger partial charge in [0.2, 0.25) is 0 Å². The van der Waals surface area contributed by atoms with Crippen LogP contribution in [-0.4, -0.2) is 13.1 Å². The van der Waals surface area contributed by atoms with Crippen LogP contribution >= 0.6 is 11.6 Å². The molecule has 1 aliphatic rings. The van der Waals surface area contributed by atoms with E-state index in [1.807, 2.05) is 18.2 Å². The highest BCUT2D eigenvalue weighted by molar-refractivity contribution is 6.34. The van der Waals surface area contributed by atoms with Gasteiger partial charge in [0.15, 0.2) is 0 Å². The molecular weight excluding hydrogens is 244 g/mol. The molecular formula is C15H23ClN2. The number of nitrogens with zero attached hydrogens (tertiary/aromatic N) is 1. The minimum atomic E-state index is 0.401. The van der Waals surface area contributed by atoms with Crippen molar-refractivity contribution in [3.8, 4) is 0 Å². The molecule has 1 heterocycles. The maximum Gasteiger partial charge on any atom is 0.0789 e. The van der Waals surface area contributed by atoms with E-state index in [0.717, 1.165) is 35.4 Å². The summed E-state index contributed by atoms with van der Waals surface area (Å²) in [6, 6.07) is 5.75. The molecule has 2 nitrogen and oxygen atoms in total. The lowest BCUT2D eigenvalue weighted by Crippen LogP contribution is -2.38. The van der Waals surface area contributed by atoms with Gasteiger partial charge in [-0.15, -0.1) is 0 Å². The van der Waals surface area contributed by atoms with Crippen molar-refractivity contribution in [2.75, 3.05) is 23.7 Å². The van der Waals surface area contributed by atoms with Crippen molar-refractivity contribution in [2.45, 2.75) is 33.6 Å². The van der Waals surface area contributed by atoms with Gasteiger partial charge in [-0.05, 0) is 36.3 Å². The largest absolute Gasteiger partial charge is 0.397 e. The van der Waals surface area contributed by atoms with E-state index in [9.17, 15) is 0 Å². The molecule has 0 saturated carbocycles. The van der Waals surface area contributed by atoms with Gasteiger partial charge in [-0.1, -0.05) is 38.4 Å². The lowest BCUT2D eigenvalue weighted by Gasteiger charge is -2.40.